The Hall–Kier alpha value is -3.59. The molecular weight excluding hydrogens is 424 g/mol. The topological polar surface area (TPSA) is 84.1 Å². The number of fused-ring (bicyclic) bond motifs is 3. The number of carbonyl (C=O) groups excluding carboxylic acids is 1. The second kappa shape index (κ2) is 8.88. The molecule has 3 heterocycles. The Labute approximate surface area is 190 Å². The predicted molar refractivity (Wildman–Crippen MR) is 127 cm³/mol. The van der Waals surface area contributed by atoms with E-state index in [1.165, 1.54) is 11.8 Å². The first-order valence-corrected chi connectivity index (χ1v) is 11.3. The summed E-state index contributed by atoms with van der Waals surface area (Å²) in [4.78, 5) is 24.3. The molecule has 0 saturated carbocycles. The number of aromatic nitrogens is 2. The van der Waals surface area contributed by atoms with Gasteiger partial charge in [-0.05, 0) is 42.8 Å². The van der Waals surface area contributed by atoms with Gasteiger partial charge in [0.15, 0.2) is 11.0 Å². The van der Waals surface area contributed by atoms with Crippen LogP contribution < -0.4 is 10.1 Å². The summed E-state index contributed by atoms with van der Waals surface area (Å²) in [5.41, 5.74) is 2.58. The molecule has 1 N–H and O–H groups in total. The van der Waals surface area contributed by atoms with Crippen LogP contribution in [0.3, 0.4) is 0 Å². The van der Waals surface area contributed by atoms with Gasteiger partial charge in [-0.2, -0.15) is 5.10 Å². The average Bonchev–Trinajstić information content (AvgIpc) is 3.28. The minimum atomic E-state index is -0.0965. The molecule has 9 heteroatoms. The summed E-state index contributed by atoms with van der Waals surface area (Å²) in [6.45, 7) is 1.60. The summed E-state index contributed by atoms with van der Waals surface area (Å²) in [6.07, 6.45) is 2.77. The van der Waals surface area contributed by atoms with Crippen LogP contribution in [-0.4, -0.2) is 57.5 Å². The summed E-state index contributed by atoms with van der Waals surface area (Å²) in [6, 6.07) is 17.2. The highest BCUT2D eigenvalue weighted by molar-refractivity contribution is 8.14. The van der Waals surface area contributed by atoms with E-state index in [0.717, 1.165) is 59.0 Å². The maximum atomic E-state index is 12.6. The Bertz CT molecular complexity index is 1190. The van der Waals surface area contributed by atoms with Gasteiger partial charge in [-0.3, -0.25) is 9.79 Å². The Morgan fingerprint density at radius 3 is 2.75 bits per heavy atom. The highest BCUT2D eigenvalue weighted by Gasteiger charge is 2.31. The molecule has 5 rings (SSSR count). The van der Waals surface area contributed by atoms with E-state index in [0.29, 0.717) is 0 Å². The van der Waals surface area contributed by atoms with E-state index in [2.05, 4.69) is 15.3 Å². The standard InChI is InChI=1S/C23H22N6O2S/c1-31-18-10-8-16(9-11-18)26-20(30)15-32-23-27-22-19(21-24-12-5-13-28(21)23)14-25-29(22)17-6-3-2-4-7-17/h2-4,6-11,14H,5,12-13,15H2,1H3,(H,26,30). The van der Waals surface area contributed by atoms with E-state index >= 15 is 0 Å². The molecule has 0 bridgehead atoms. The molecule has 0 radical (unpaired) electrons. The number of nitrogens with one attached hydrogen (secondary N) is 1. The SMILES string of the molecule is COc1ccc(NC(=O)CSC2=Nc3c(cnn3-c3ccccc3)C3=NCCCN23)cc1. The van der Waals surface area contributed by atoms with E-state index < -0.39 is 0 Å². The summed E-state index contributed by atoms with van der Waals surface area (Å²) >= 11 is 1.41. The highest BCUT2D eigenvalue weighted by atomic mass is 32.2. The average molecular weight is 447 g/mol. The van der Waals surface area contributed by atoms with Crippen molar-refractivity contribution in [1.82, 2.24) is 14.7 Å². The molecule has 2 aliphatic rings. The van der Waals surface area contributed by atoms with Crippen molar-refractivity contribution in [2.45, 2.75) is 6.42 Å². The van der Waals surface area contributed by atoms with E-state index in [9.17, 15) is 4.79 Å². The van der Waals surface area contributed by atoms with Gasteiger partial charge >= 0.3 is 0 Å². The van der Waals surface area contributed by atoms with Gasteiger partial charge in [0.25, 0.3) is 0 Å². The number of methoxy groups -OCH3 is 1. The van der Waals surface area contributed by atoms with Crippen molar-refractivity contribution in [3.63, 3.8) is 0 Å². The van der Waals surface area contributed by atoms with Crippen LogP contribution in [0.2, 0.25) is 0 Å². The molecule has 0 spiro atoms. The van der Waals surface area contributed by atoms with Crippen LogP contribution in [0.5, 0.6) is 5.75 Å². The van der Waals surface area contributed by atoms with Gasteiger partial charge in [-0.25, -0.2) is 9.67 Å². The Morgan fingerprint density at radius 1 is 1.16 bits per heavy atom. The number of hydrogen-bond donors (Lipinski definition) is 1. The van der Waals surface area contributed by atoms with Crippen LogP contribution in [0.15, 0.2) is 70.8 Å². The highest BCUT2D eigenvalue weighted by Crippen LogP contribution is 2.33. The fourth-order valence-electron chi connectivity index (χ4n) is 3.65. The predicted octanol–water partition coefficient (Wildman–Crippen LogP) is 3.71. The number of thioether (sulfide) groups is 1. The van der Waals surface area contributed by atoms with E-state index in [4.69, 9.17) is 14.7 Å². The number of aliphatic imine (C=N–C) groups is 2. The first kappa shape index (κ1) is 20.3. The third-order valence-corrected chi connectivity index (χ3v) is 6.16. The summed E-state index contributed by atoms with van der Waals surface area (Å²) in [7, 11) is 1.61. The van der Waals surface area contributed by atoms with Crippen molar-refractivity contribution >= 4 is 40.2 Å². The molecule has 0 saturated heterocycles. The lowest BCUT2D eigenvalue weighted by atomic mass is 10.2. The minimum Gasteiger partial charge on any atom is -0.497 e. The maximum Gasteiger partial charge on any atom is 0.234 e. The van der Waals surface area contributed by atoms with Crippen molar-refractivity contribution < 1.29 is 9.53 Å². The Morgan fingerprint density at radius 2 is 1.97 bits per heavy atom. The number of amides is 1. The van der Waals surface area contributed by atoms with Gasteiger partial charge in [0.1, 0.15) is 11.6 Å². The lowest BCUT2D eigenvalue weighted by molar-refractivity contribution is -0.113. The number of rotatable bonds is 5. The van der Waals surface area contributed by atoms with Crippen molar-refractivity contribution in [3.05, 3.63) is 66.4 Å². The minimum absolute atomic E-state index is 0.0965. The quantitative estimate of drug-likeness (QED) is 0.646. The maximum absolute atomic E-state index is 12.6. The second-order valence-electron chi connectivity index (χ2n) is 7.30. The van der Waals surface area contributed by atoms with Gasteiger partial charge in [-0.15, -0.1) is 0 Å². The van der Waals surface area contributed by atoms with Gasteiger partial charge in [-0.1, -0.05) is 30.0 Å². The molecule has 0 atom stereocenters. The molecule has 8 nitrogen and oxygen atoms in total. The first-order valence-electron chi connectivity index (χ1n) is 10.3. The number of nitrogens with zero attached hydrogens (tertiary/aromatic N) is 5. The summed E-state index contributed by atoms with van der Waals surface area (Å²) < 4.78 is 6.98. The van der Waals surface area contributed by atoms with E-state index in [-0.39, 0.29) is 11.7 Å². The van der Waals surface area contributed by atoms with Crippen molar-refractivity contribution in [1.29, 1.82) is 0 Å². The monoisotopic (exact) mass is 446 g/mol. The lowest BCUT2D eigenvalue weighted by Gasteiger charge is -2.32. The normalized spacial score (nSPS) is 14.7. The van der Waals surface area contributed by atoms with Crippen LogP contribution in [-0.2, 0) is 4.79 Å². The number of ether oxygens (including phenoxy) is 1. The molecule has 2 aliphatic heterocycles. The number of amidine groups is 2. The van der Waals surface area contributed by atoms with E-state index in [1.807, 2.05) is 65.5 Å². The number of anilines is 1. The molecule has 162 valence electrons. The molecule has 1 amide bonds. The van der Waals surface area contributed by atoms with Crippen LogP contribution in [0.25, 0.3) is 5.69 Å². The Balaban J connectivity index is 1.37. The molecule has 0 unspecified atom stereocenters. The summed E-state index contributed by atoms with van der Waals surface area (Å²) in [5, 5.41) is 8.24. The van der Waals surface area contributed by atoms with Gasteiger partial charge in [0, 0.05) is 18.8 Å². The second-order valence-corrected chi connectivity index (χ2v) is 8.24. The van der Waals surface area contributed by atoms with Gasteiger partial charge < -0.3 is 15.0 Å². The van der Waals surface area contributed by atoms with E-state index in [1.54, 1.807) is 7.11 Å². The first-order chi connectivity index (χ1) is 15.7. The van der Waals surface area contributed by atoms with Crippen molar-refractivity contribution in [2.75, 3.05) is 31.3 Å². The molecule has 0 aliphatic carbocycles. The molecule has 3 aromatic rings. The van der Waals surface area contributed by atoms with Crippen LogP contribution in [0.4, 0.5) is 11.5 Å². The number of para-hydroxylation sites is 1. The van der Waals surface area contributed by atoms with Crippen LogP contribution in [0, 0.1) is 0 Å². The zero-order chi connectivity index (χ0) is 21.9. The summed E-state index contributed by atoms with van der Waals surface area (Å²) in [5.74, 6) is 2.51. The third kappa shape index (κ3) is 3.99. The zero-order valence-corrected chi connectivity index (χ0v) is 18.4. The largest absolute Gasteiger partial charge is 0.497 e. The number of carbonyl (C=O) groups is 1. The molecule has 0 fully saturated rings. The molecule has 32 heavy (non-hydrogen) atoms. The lowest BCUT2D eigenvalue weighted by Crippen LogP contribution is -2.42. The molecular formula is C23H22N6O2S. The van der Waals surface area contributed by atoms with Crippen molar-refractivity contribution in [3.8, 4) is 11.4 Å². The van der Waals surface area contributed by atoms with Crippen LogP contribution >= 0.6 is 11.8 Å². The fraction of sp³-hybridized carbons (Fsp3) is 0.217. The van der Waals surface area contributed by atoms with Crippen molar-refractivity contribution in [2.24, 2.45) is 9.98 Å². The van der Waals surface area contributed by atoms with Gasteiger partial charge in [0.05, 0.1) is 30.3 Å². The molecule has 2 aromatic carbocycles. The zero-order valence-electron chi connectivity index (χ0n) is 17.6. The fourth-order valence-corrected chi connectivity index (χ4v) is 4.47. The number of benzene rings is 2. The Kier molecular flexibility index (Phi) is 5.64. The van der Waals surface area contributed by atoms with Gasteiger partial charge in [0.2, 0.25) is 5.91 Å². The third-order valence-electron chi connectivity index (χ3n) is 5.18. The molecule has 1 aromatic heterocycles. The number of hydrogen-bond acceptors (Lipinski definition) is 7. The van der Waals surface area contributed by atoms with Crippen LogP contribution in [0.1, 0.15) is 12.0 Å². The smallest absolute Gasteiger partial charge is 0.234 e.